The maximum absolute atomic E-state index is 12.4. The van der Waals surface area contributed by atoms with E-state index in [1.54, 1.807) is 0 Å². The van der Waals surface area contributed by atoms with Crippen molar-refractivity contribution in [2.75, 3.05) is 13.2 Å². The fourth-order valence-corrected chi connectivity index (χ4v) is 13.9. The Kier molecular flexibility index (Phi) is 81.6. The van der Waals surface area contributed by atoms with Crippen molar-refractivity contribution < 1.29 is 24.2 Å². The number of unbranched alkanes of at least 4 members (excludes halogenated alkanes) is 72. The first-order chi connectivity index (χ1) is 45.1. The van der Waals surface area contributed by atoms with E-state index >= 15 is 0 Å². The summed E-state index contributed by atoms with van der Waals surface area (Å²) >= 11 is 0. The topological polar surface area (TPSA) is 72.8 Å². The number of hydrogen-bond acceptors (Lipinski definition) is 5. The Balaban J connectivity index is 3.32. The summed E-state index contributed by atoms with van der Waals surface area (Å²) in [5.41, 5.74) is 0. The second kappa shape index (κ2) is 82.9. The molecule has 1 atom stereocenters. The van der Waals surface area contributed by atoms with E-state index in [1.807, 2.05) is 0 Å². The van der Waals surface area contributed by atoms with Gasteiger partial charge in [-0.2, -0.15) is 0 Å². The van der Waals surface area contributed by atoms with Gasteiger partial charge in [0.2, 0.25) is 0 Å². The monoisotopic (exact) mass is 1280 g/mol. The van der Waals surface area contributed by atoms with Gasteiger partial charge in [0.15, 0.2) is 6.10 Å². The highest BCUT2D eigenvalue weighted by molar-refractivity contribution is 5.70. The number of aliphatic hydroxyl groups is 1. The second-order valence-corrected chi connectivity index (χ2v) is 29.6. The molecule has 0 aromatic heterocycles. The molecule has 0 heterocycles. The van der Waals surface area contributed by atoms with Crippen LogP contribution in [0.1, 0.15) is 508 Å². The minimum Gasteiger partial charge on any atom is -0.462 e. The summed E-state index contributed by atoms with van der Waals surface area (Å²) in [6.45, 7) is 4.23. The minimum atomic E-state index is -0.768. The molecule has 1 N–H and O–H groups in total. The molecule has 0 fully saturated rings. The van der Waals surface area contributed by atoms with Gasteiger partial charge in [0.25, 0.3) is 0 Å². The van der Waals surface area contributed by atoms with E-state index in [2.05, 4.69) is 26.0 Å². The molecule has 0 saturated heterocycles. The third-order valence-electron chi connectivity index (χ3n) is 20.3. The predicted molar refractivity (Wildman–Crippen MR) is 404 cm³/mol. The van der Waals surface area contributed by atoms with Crippen LogP contribution in [0.15, 0.2) is 12.2 Å². The molecule has 5 nitrogen and oxygen atoms in total. The fourth-order valence-electron chi connectivity index (χ4n) is 13.9. The Hall–Kier alpha value is -1.36. The quantitative estimate of drug-likeness (QED) is 0.0373. The molecule has 0 aliphatic heterocycles. The van der Waals surface area contributed by atoms with Crippen LogP contribution in [0, 0.1) is 0 Å². The molecule has 0 saturated carbocycles. The molecule has 1 unspecified atom stereocenters. The third kappa shape index (κ3) is 81.0. The van der Waals surface area contributed by atoms with Crippen LogP contribution in [0.25, 0.3) is 0 Å². The molecule has 5 heteroatoms. The van der Waals surface area contributed by atoms with Crippen LogP contribution < -0.4 is 0 Å². The molecule has 91 heavy (non-hydrogen) atoms. The van der Waals surface area contributed by atoms with Gasteiger partial charge in [0, 0.05) is 12.8 Å². The Morgan fingerprint density at radius 3 is 0.593 bits per heavy atom. The number of allylic oxidation sites excluding steroid dienone is 2. The van der Waals surface area contributed by atoms with E-state index in [1.165, 1.54) is 449 Å². The van der Waals surface area contributed by atoms with E-state index in [0.29, 0.717) is 12.8 Å². The largest absolute Gasteiger partial charge is 0.462 e. The Bertz CT molecular complexity index is 1360. The van der Waals surface area contributed by atoms with Crippen LogP contribution in [0.3, 0.4) is 0 Å². The molecular formula is C86H168O5. The van der Waals surface area contributed by atoms with Gasteiger partial charge in [-0.25, -0.2) is 0 Å². The summed E-state index contributed by atoms with van der Waals surface area (Å²) < 4.78 is 10.8. The number of carbonyl (C=O) groups excluding carboxylic acids is 2. The van der Waals surface area contributed by atoms with Gasteiger partial charge in [-0.1, -0.05) is 469 Å². The number of carbonyl (C=O) groups is 2. The van der Waals surface area contributed by atoms with Gasteiger partial charge < -0.3 is 14.6 Å². The van der Waals surface area contributed by atoms with Crippen LogP contribution >= 0.6 is 0 Å². The average Bonchev–Trinajstić information content (AvgIpc) is 3.69. The van der Waals surface area contributed by atoms with Crippen molar-refractivity contribution in [1.29, 1.82) is 0 Å². The van der Waals surface area contributed by atoms with Crippen molar-refractivity contribution in [2.45, 2.75) is 514 Å². The molecule has 0 aromatic carbocycles. The van der Waals surface area contributed by atoms with Crippen LogP contribution in [0.2, 0.25) is 0 Å². The van der Waals surface area contributed by atoms with Gasteiger partial charge >= 0.3 is 11.9 Å². The van der Waals surface area contributed by atoms with Crippen LogP contribution in [0.5, 0.6) is 0 Å². The van der Waals surface area contributed by atoms with Crippen LogP contribution in [0.4, 0.5) is 0 Å². The van der Waals surface area contributed by atoms with Crippen LogP contribution in [-0.4, -0.2) is 36.4 Å². The zero-order valence-electron chi connectivity index (χ0n) is 62.7. The van der Waals surface area contributed by atoms with E-state index in [4.69, 9.17) is 9.47 Å². The second-order valence-electron chi connectivity index (χ2n) is 29.6. The van der Waals surface area contributed by atoms with Crippen molar-refractivity contribution in [3.63, 3.8) is 0 Å². The number of aliphatic hydroxyl groups excluding tert-OH is 1. The van der Waals surface area contributed by atoms with Crippen LogP contribution in [-0.2, 0) is 19.1 Å². The van der Waals surface area contributed by atoms with E-state index < -0.39 is 6.10 Å². The SMILES string of the molecule is CCCCCCCCCC/C=C\CCCCCCCCCCCCCCCCCCCCCCCCCCCC(=O)OC(CO)COC(=O)CCCCCCCCCCCCCCCCCCCCCCCCCCCCCCCCCCCCCCCCCC. The molecule has 0 aromatic rings. The van der Waals surface area contributed by atoms with E-state index in [0.717, 1.165) is 32.1 Å². The molecule has 0 spiro atoms. The zero-order chi connectivity index (χ0) is 65.4. The lowest BCUT2D eigenvalue weighted by Crippen LogP contribution is -2.28. The normalized spacial score (nSPS) is 12.1. The average molecular weight is 1280 g/mol. The summed E-state index contributed by atoms with van der Waals surface area (Å²) in [4.78, 5) is 24.7. The first-order valence-electron chi connectivity index (χ1n) is 42.7. The van der Waals surface area contributed by atoms with E-state index in [-0.39, 0.29) is 25.2 Å². The van der Waals surface area contributed by atoms with Gasteiger partial charge in [-0.05, 0) is 38.5 Å². The summed E-state index contributed by atoms with van der Waals surface area (Å²) in [6.07, 6.45) is 109. The molecule has 0 amide bonds. The highest BCUT2D eigenvalue weighted by atomic mass is 16.6. The molecule has 0 aliphatic rings. The van der Waals surface area contributed by atoms with Gasteiger partial charge in [0.1, 0.15) is 6.61 Å². The highest BCUT2D eigenvalue weighted by Gasteiger charge is 2.16. The number of rotatable bonds is 82. The highest BCUT2D eigenvalue weighted by Crippen LogP contribution is 2.21. The zero-order valence-corrected chi connectivity index (χ0v) is 62.7. The molecule has 542 valence electrons. The van der Waals surface area contributed by atoms with E-state index in [9.17, 15) is 14.7 Å². The standard InChI is InChI=1S/C86H168O5/c1-3-5-7-9-11-13-15-17-19-21-23-25-27-29-31-33-35-37-39-41-42-43-45-46-48-50-52-54-56-58-60-62-64-66-68-70-72-74-76-78-80-85(88)90-83-84(82-87)91-86(89)81-79-77-75-73-71-69-67-65-63-61-59-57-55-53-51-49-47-44-40-38-36-34-32-30-28-26-24-22-20-18-16-14-12-10-8-6-4-2/h22,24,84,87H,3-21,23,25-83H2,1-2H3/b24-22-. The molecule has 0 radical (unpaired) electrons. The summed E-state index contributed by atoms with van der Waals surface area (Å²) in [7, 11) is 0. The number of hydrogen-bond donors (Lipinski definition) is 1. The Labute approximate surface area is 572 Å². The summed E-state index contributed by atoms with van der Waals surface area (Å²) in [5.74, 6) is -0.556. The Morgan fingerprint density at radius 1 is 0.242 bits per heavy atom. The lowest BCUT2D eigenvalue weighted by molar-refractivity contribution is -0.161. The number of esters is 2. The van der Waals surface area contributed by atoms with Crippen molar-refractivity contribution in [3.05, 3.63) is 12.2 Å². The fraction of sp³-hybridized carbons (Fsp3) is 0.953. The molecule has 0 bridgehead atoms. The molecular weight excluding hydrogens is 1110 g/mol. The maximum Gasteiger partial charge on any atom is 0.306 e. The van der Waals surface area contributed by atoms with Crippen molar-refractivity contribution in [3.8, 4) is 0 Å². The lowest BCUT2D eigenvalue weighted by atomic mass is 10.0. The van der Waals surface area contributed by atoms with Gasteiger partial charge in [-0.3, -0.25) is 9.59 Å². The van der Waals surface area contributed by atoms with Crippen molar-refractivity contribution in [2.24, 2.45) is 0 Å². The van der Waals surface area contributed by atoms with Crippen molar-refractivity contribution >= 4 is 11.9 Å². The summed E-state index contributed by atoms with van der Waals surface area (Å²) in [5, 5.41) is 9.74. The number of ether oxygens (including phenoxy) is 2. The molecule has 0 rings (SSSR count). The van der Waals surface area contributed by atoms with Gasteiger partial charge in [0.05, 0.1) is 6.61 Å². The predicted octanol–water partition coefficient (Wildman–Crippen LogP) is 30.1. The smallest absolute Gasteiger partial charge is 0.306 e. The minimum absolute atomic E-state index is 0.0560. The summed E-state index contributed by atoms with van der Waals surface area (Å²) in [6, 6.07) is 0. The first-order valence-corrected chi connectivity index (χ1v) is 42.7. The first kappa shape index (κ1) is 89.6. The van der Waals surface area contributed by atoms with Gasteiger partial charge in [-0.15, -0.1) is 0 Å². The third-order valence-corrected chi connectivity index (χ3v) is 20.3. The lowest BCUT2D eigenvalue weighted by Gasteiger charge is -2.15. The maximum atomic E-state index is 12.4. The molecule has 0 aliphatic carbocycles. The Morgan fingerprint density at radius 2 is 0.407 bits per heavy atom. The van der Waals surface area contributed by atoms with Crippen molar-refractivity contribution in [1.82, 2.24) is 0 Å².